The van der Waals surface area contributed by atoms with Crippen molar-refractivity contribution in [2.75, 3.05) is 31.6 Å². The Morgan fingerprint density at radius 2 is 1.82 bits per heavy atom. The van der Waals surface area contributed by atoms with Gasteiger partial charge in [-0.25, -0.2) is 0 Å². The van der Waals surface area contributed by atoms with Gasteiger partial charge in [0.2, 0.25) is 0 Å². The predicted molar refractivity (Wildman–Crippen MR) is 98.9 cm³/mol. The van der Waals surface area contributed by atoms with Crippen molar-refractivity contribution in [3.8, 4) is 5.75 Å². The number of nitrogens with zero attached hydrogens (tertiary/aromatic N) is 2. The molecule has 1 atom stereocenters. The summed E-state index contributed by atoms with van der Waals surface area (Å²) in [6.45, 7) is 2.46. The molecule has 4 rings (SSSR count). The molecule has 150 valence electrons. The fraction of sp³-hybridized carbons (Fsp3) is 0.368. The van der Waals surface area contributed by atoms with Crippen LogP contribution in [0.15, 0.2) is 42.5 Å². The summed E-state index contributed by atoms with van der Waals surface area (Å²) >= 11 is 0. The highest BCUT2D eigenvalue weighted by atomic mass is 32.2. The van der Waals surface area contributed by atoms with Crippen molar-refractivity contribution in [2.24, 2.45) is 0 Å². The summed E-state index contributed by atoms with van der Waals surface area (Å²) in [7, 11) is -3.64. The first-order valence-electron chi connectivity index (χ1n) is 8.82. The lowest BCUT2D eigenvalue weighted by atomic mass is 9.96. The summed E-state index contributed by atoms with van der Waals surface area (Å²) in [6.07, 6.45) is 0.492. The molecule has 0 aromatic heterocycles. The largest absolute Gasteiger partial charge is 0.534 e. The van der Waals surface area contributed by atoms with Crippen LogP contribution in [-0.2, 0) is 16.5 Å². The molecular weight excluding hydrogens is 393 g/mol. The maximum atomic E-state index is 12.7. The highest BCUT2D eigenvalue weighted by Crippen LogP contribution is 2.40. The molecule has 1 saturated heterocycles. The molecule has 0 radical (unpaired) electrons. The minimum Gasteiger partial charge on any atom is -0.376 e. The quantitative estimate of drug-likeness (QED) is 0.560. The van der Waals surface area contributed by atoms with E-state index in [0.29, 0.717) is 6.42 Å². The monoisotopic (exact) mass is 412 g/mol. The zero-order valence-electron chi connectivity index (χ0n) is 15.1. The number of rotatable bonds is 2. The van der Waals surface area contributed by atoms with E-state index in [2.05, 4.69) is 27.1 Å². The Hall–Kier alpha value is -2.26. The van der Waals surface area contributed by atoms with Crippen molar-refractivity contribution in [2.45, 2.75) is 18.0 Å². The number of anilines is 1. The molecule has 5 nitrogen and oxygen atoms in total. The summed E-state index contributed by atoms with van der Waals surface area (Å²) in [6, 6.07) is 12.4. The molecule has 1 fully saturated rings. The van der Waals surface area contributed by atoms with Gasteiger partial charge in [-0.2, -0.15) is 21.6 Å². The van der Waals surface area contributed by atoms with Crippen LogP contribution in [0.25, 0.3) is 0 Å². The van der Waals surface area contributed by atoms with E-state index < -0.39 is 15.6 Å². The first-order chi connectivity index (χ1) is 13.2. The van der Waals surface area contributed by atoms with Crippen molar-refractivity contribution >= 4 is 15.8 Å². The second-order valence-corrected chi connectivity index (χ2v) is 8.66. The number of halogens is 3. The van der Waals surface area contributed by atoms with Crippen LogP contribution in [0.4, 0.5) is 18.9 Å². The van der Waals surface area contributed by atoms with Crippen LogP contribution >= 0.6 is 0 Å². The zero-order chi connectivity index (χ0) is 20.1. The molecule has 28 heavy (non-hydrogen) atoms. The minimum absolute atomic E-state index is 0.127. The molecule has 0 spiro atoms. The summed E-state index contributed by atoms with van der Waals surface area (Å²) in [5.41, 5.74) is -1.58. The first-order valence-corrected chi connectivity index (χ1v) is 10.2. The average Bonchev–Trinajstić information content (AvgIpc) is 2.74. The highest BCUT2D eigenvalue weighted by molar-refractivity contribution is 7.88. The third-order valence-electron chi connectivity index (χ3n) is 5.23. The van der Waals surface area contributed by atoms with Crippen LogP contribution in [0.2, 0.25) is 0 Å². The van der Waals surface area contributed by atoms with E-state index in [1.54, 1.807) is 6.07 Å². The SMILES string of the molecule is CN1CCN2c3ccc(OS(=O)(=O)C(F)(F)F)cc3Cc3ccccc3[C@H]2C1. The lowest BCUT2D eigenvalue weighted by Crippen LogP contribution is -2.46. The van der Waals surface area contributed by atoms with E-state index in [1.165, 1.54) is 17.7 Å². The molecule has 2 aromatic rings. The number of alkyl halides is 3. The Morgan fingerprint density at radius 3 is 2.57 bits per heavy atom. The van der Waals surface area contributed by atoms with Crippen molar-refractivity contribution in [1.29, 1.82) is 0 Å². The van der Waals surface area contributed by atoms with Gasteiger partial charge in [0, 0.05) is 25.3 Å². The molecule has 2 aliphatic heterocycles. The number of fused-ring (bicyclic) bond motifs is 5. The van der Waals surface area contributed by atoms with Crippen LogP contribution in [0.5, 0.6) is 5.75 Å². The van der Waals surface area contributed by atoms with E-state index in [1.807, 2.05) is 18.2 Å². The van der Waals surface area contributed by atoms with Gasteiger partial charge in [0.1, 0.15) is 5.75 Å². The zero-order valence-corrected chi connectivity index (χ0v) is 15.9. The molecule has 2 heterocycles. The Labute approximate surface area is 161 Å². The lowest BCUT2D eigenvalue weighted by Gasteiger charge is -2.41. The van der Waals surface area contributed by atoms with Gasteiger partial charge in [0.15, 0.2) is 0 Å². The summed E-state index contributed by atoms with van der Waals surface area (Å²) < 4.78 is 65.0. The minimum atomic E-state index is -5.70. The highest BCUT2D eigenvalue weighted by Gasteiger charge is 2.48. The molecule has 0 amide bonds. The van der Waals surface area contributed by atoms with Gasteiger partial charge in [-0.1, -0.05) is 24.3 Å². The fourth-order valence-electron chi connectivity index (χ4n) is 3.91. The Morgan fingerprint density at radius 1 is 1.07 bits per heavy atom. The topological polar surface area (TPSA) is 49.9 Å². The van der Waals surface area contributed by atoms with Gasteiger partial charge in [0.05, 0.1) is 6.04 Å². The van der Waals surface area contributed by atoms with Crippen LogP contribution < -0.4 is 9.08 Å². The molecule has 0 unspecified atom stereocenters. The summed E-state index contributed by atoms with van der Waals surface area (Å²) in [5.74, 6) is -0.332. The second kappa shape index (κ2) is 6.66. The Kier molecular flexibility index (Phi) is 4.54. The molecule has 0 aliphatic carbocycles. The number of hydrogen-bond acceptors (Lipinski definition) is 5. The van der Waals surface area contributed by atoms with Gasteiger partial charge < -0.3 is 14.0 Å². The molecule has 0 N–H and O–H groups in total. The van der Waals surface area contributed by atoms with Crippen LogP contribution in [0, 0.1) is 0 Å². The van der Waals surface area contributed by atoms with E-state index in [4.69, 9.17) is 0 Å². The maximum Gasteiger partial charge on any atom is 0.534 e. The Balaban J connectivity index is 1.77. The van der Waals surface area contributed by atoms with Crippen molar-refractivity contribution in [1.82, 2.24) is 4.90 Å². The van der Waals surface area contributed by atoms with Crippen molar-refractivity contribution in [3.05, 3.63) is 59.2 Å². The van der Waals surface area contributed by atoms with Crippen molar-refractivity contribution < 1.29 is 25.8 Å². The lowest BCUT2D eigenvalue weighted by molar-refractivity contribution is -0.0500. The van der Waals surface area contributed by atoms with Gasteiger partial charge in [-0.3, -0.25) is 0 Å². The summed E-state index contributed by atoms with van der Waals surface area (Å²) in [4.78, 5) is 4.49. The molecule has 2 aromatic carbocycles. The predicted octanol–water partition coefficient (Wildman–Crippen LogP) is 3.31. The van der Waals surface area contributed by atoms with Gasteiger partial charge >= 0.3 is 15.6 Å². The number of benzene rings is 2. The summed E-state index contributed by atoms with van der Waals surface area (Å²) in [5, 5.41) is 0. The fourth-order valence-corrected chi connectivity index (χ4v) is 4.36. The standard InChI is InChI=1S/C19H19F3N2O3S/c1-23-8-9-24-17-7-6-15(27-28(25,26)19(20,21)22)11-14(17)10-13-4-2-3-5-16(13)18(24)12-23/h2-7,11,18H,8-10,12H2,1H3/t18-/m1/s1. The third-order valence-corrected chi connectivity index (χ3v) is 6.21. The number of likely N-dealkylation sites (N-methyl/N-ethyl adjacent to an activating group) is 1. The van der Waals surface area contributed by atoms with Crippen LogP contribution in [-0.4, -0.2) is 45.5 Å². The van der Waals surface area contributed by atoms with E-state index in [9.17, 15) is 21.6 Å². The molecule has 2 aliphatic rings. The maximum absolute atomic E-state index is 12.7. The van der Waals surface area contributed by atoms with Crippen molar-refractivity contribution in [3.63, 3.8) is 0 Å². The van der Waals surface area contributed by atoms with Gasteiger partial charge in [0.25, 0.3) is 0 Å². The van der Waals surface area contributed by atoms with E-state index in [0.717, 1.165) is 36.4 Å². The molecule has 0 saturated carbocycles. The number of piperazine rings is 1. The Bertz CT molecular complexity index is 1010. The third kappa shape index (κ3) is 3.33. The van der Waals surface area contributed by atoms with E-state index >= 15 is 0 Å². The smallest absolute Gasteiger partial charge is 0.376 e. The molecular formula is C19H19F3N2O3S. The normalized spacial score (nSPS) is 20.0. The first kappa shape index (κ1) is 19.1. The van der Waals surface area contributed by atoms with E-state index in [-0.39, 0.29) is 11.8 Å². The molecule has 9 heteroatoms. The number of hydrogen-bond donors (Lipinski definition) is 0. The van der Waals surface area contributed by atoms with Crippen LogP contribution in [0.1, 0.15) is 22.7 Å². The second-order valence-electron chi connectivity index (χ2n) is 7.12. The molecule has 0 bridgehead atoms. The average molecular weight is 412 g/mol. The van der Waals surface area contributed by atoms with Gasteiger partial charge in [-0.05, 0) is 48.4 Å². The van der Waals surface area contributed by atoms with Gasteiger partial charge in [-0.15, -0.1) is 0 Å². The van der Waals surface area contributed by atoms with Crippen LogP contribution in [0.3, 0.4) is 0 Å².